The average molecular weight is 790 g/mol. The number of hydrogen-bond acceptors (Lipinski definition) is 1. The molecule has 0 spiro atoms. The third-order valence-corrected chi connectivity index (χ3v) is 13.3. The van der Waals surface area contributed by atoms with Gasteiger partial charge in [0, 0.05) is 5.92 Å². The Hall–Kier alpha value is -7.61. The lowest BCUT2D eigenvalue weighted by atomic mass is 9.82. The fourth-order valence-electron chi connectivity index (χ4n) is 10.5. The van der Waals surface area contributed by atoms with Gasteiger partial charge in [0.1, 0.15) is 0 Å². The van der Waals surface area contributed by atoms with Gasteiger partial charge in [-0.3, -0.25) is 4.99 Å². The SMILES string of the molecule is c1ccc(CCC2Cc3ccccc3N=C2c2ccc(-c3c4ccccc4cc4c3ccc3c(-c5c6ccccc6c(-c6ccccc6)c6ccccc56)cccc34)cc2)cc1. The number of benzene rings is 11. The summed E-state index contributed by atoms with van der Waals surface area (Å²) in [7, 11) is 0. The molecule has 11 aromatic carbocycles. The molecule has 1 heterocycles. The van der Waals surface area contributed by atoms with Crippen LogP contribution >= 0.6 is 0 Å². The van der Waals surface area contributed by atoms with Crippen LogP contribution in [0.2, 0.25) is 0 Å². The van der Waals surface area contributed by atoms with Crippen LogP contribution < -0.4 is 0 Å². The molecule has 1 unspecified atom stereocenters. The maximum atomic E-state index is 5.35. The summed E-state index contributed by atoms with van der Waals surface area (Å²) >= 11 is 0. The molecule has 1 heteroatoms. The van der Waals surface area contributed by atoms with Crippen LogP contribution in [0.15, 0.2) is 223 Å². The summed E-state index contributed by atoms with van der Waals surface area (Å²) in [5.74, 6) is 0.346. The van der Waals surface area contributed by atoms with Crippen LogP contribution in [-0.4, -0.2) is 5.71 Å². The lowest BCUT2D eigenvalue weighted by Gasteiger charge is -2.26. The monoisotopic (exact) mass is 789 g/mol. The summed E-state index contributed by atoms with van der Waals surface area (Å²) in [4.78, 5) is 5.35. The van der Waals surface area contributed by atoms with Crippen LogP contribution in [0.25, 0.3) is 87.2 Å². The molecular formula is C61H43N. The van der Waals surface area contributed by atoms with Crippen molar-refractivity contribution in [1.29, 1.82) is 0 Å². The van der Waals surface area contributed by atoms with E-state index in [2.05, 4.69) is 218 Å². The van der Waals surface area contributed by atoms with Gasteiger partial charge in [0.25, 0.3) is 0 Å². The van der Waals surface area contributed by atoms with E-state index in [1.807, 2.05) is 0 Å². The van der Waals surface area contributed by atoms with Crippen molar-refractivity contribution in [2.24, 2.45) is 10.9 Å². The highest BCUT2D eigenvalue weighted by molar-refractivity contribution is 6.26. The van der Waals surface area contributed by atoms with Crippen molar-refractivity contribution < 1.29 is 0 Å². The molecule has 0 amide bonds. The van der Waals surface area contributed by atoms with Crippen LogP contribution in [0.3, 0.4) is 0 Å². The summed E-state index contributed by atoms with van der Waals surface area (Å²) in [6.07, 6.45) is 3.11. The number of fused-ring (bicyclic) bond motifs is 7. The van der Waals surface area contributed by atoms with Gasteiger partial charge in [-0.1, -0.05) is 206 Å². The van der Waals surface area contributed by atoms with Gasteiger partial charge >= 0.3 is 0 Å². The smallest absolute Gasteiger partial charge is 0.0665 e. The average Bonchev–Trinajstić information content (AvgIpc) is 3.34. The van der Waals surface area contributed by atoms with Crippen LogP contribution in [0, 0.1) is 5.92 Å². The molecule has 11 aromatic rings. The van der Waals surface area contributed by atoms with E-state index >= 15 is 0 Å². The lowest BCUT2D eigenvalue weighted by molar-refractivity contribution is 0.615. The largest absolute Gasteiger partial charge is 0.252 e. The Morgan fingerprint density at radius 2 is 0.903 bits per heavy atom. The van der Waals surface area contributed by atoms with Gasteiger partial charge in [-0.15, -0.1) is 0 Å². The highest BCUT2D eigenvalue weighted by atomic mass is 14.8. The van der Waals surface area contributed by atoms with Gasteiger partial charge in [-0.05, 0) is 135 Å². The molecule has 1 aliphatic heterocycles. The molecule has 292 valence electrons. The number of hydrogen-bond donors (Lipinski definition) is 0. The second kappa shape index (κ2) is 15.1. The first-order valence-electron chi connectivity index (χ1n) is 21.9. The Labute approximate surface area is 362 Å². The molecule has 0 aliphatic carbocycles. The summed E-state index contributed by atoms with van der Waals surface area (Å²) in [6, 6.07) is 80.6. The molecule has 12 rings (SSSR count). The van der Waals surface area contributed by atoms with E-state index in [-0.39, 0.29) is 0 Å². The Morgan fingerprint density at radius 1 is 0.371 bits per heavy atom. The van der Waals surface area contributed by atoms with Crippen LogP contribution in [0.5, 0.6) is 0 Å². The van der Waals surface area contributed by atoms with Crippen LogP contribution in [-0.2, 0) is 12.8 Å². The highest BCUT2D eigenvalue weighted by Gasteiger charge is 2.25. The molecule has 62 heavy (non-hydrogen) atoms. The Balaban J connectivity index is 1.01. The van der Waals surface area contributed by atoms with Crippen molar-refractivity contribution in [3.63, 3.8) is 0 Å². The van der Waals surface area contributed by atoms with E-state index in [0.29, 0.717) is 5.92 Å². The molecule has 0 radical (unpaired) electrons. The number of aryl methyl sites for hydroxylation is 1. The molecule has 1 nitrogen and oxygen atoms in total. The van der Waals surface area contributed by atoms with E-state index in [0.717, 1.165) is 24.9 Å². The lowest BCUT2D eigenvalue weighted by Crippen LogP contribution is -2.22. The second-order valence-corrected chi connectivity index (χ2v) is 16.9. The zero-order valence-corrected chi connectivity index (χ0v) is 34.4. The third-order valence-electron chi connectivity index (χ3n) is 13.3. The zero-order chi connectivity index (χ0) is 41.0. The quantitative estimate of drug-likeness (QED) is 0.113. The first-order valence-corrected chi connectivity index (χ1v) is 21.9. The van der Waals surface area contributed by atoms with Crippen molar-refractivity contribution in [2.75, 3.05) is 0 Å². The maximum absolute atomic E-state index is 5.35. The Kier molecular flexibility index (Phi) is 8.85. The molecule has 0 saturated heterocycles. The summed E-state index contributed by atoms with van der Waals surface area (Å²) < 4.78 is 0. The van der Waals surface area contributed by atoms with Crippen LogP contribution in [0.4, 0.5) is 5.69 Å². The van der Waals surface area contributed by atoms with E-state index in [1.165, 1.54) is 110 Å². The minimum atomic E-state index is 0.346. The van der Waals surface area contributed by atoms with Gasteiger partial charge < -0.3 is 0 Å². The summed E-state index contributed by atoms with van der Waals surface area (Å²) in [5.41, 5.74) is 13.8. The zero-order valence-electron chi connectivity index (χ0n) is 34.4. The van der Waals surface area contributed by atoms with E-state index in [1.54, 1.807) is 0 Å². The standard InChI is InChI=1S/C61H43N/c1-3-16-40(17-4-1)30-31-46-38-45-21-8-14-29-57(45)62-61(46)43-34-32-42(33-35-43)58-47-22-9-7-20-44(47)39-56-48-27-15-28-50(49(48)36-37-55(56)58)60-53-25-12-10-23-51(53)59(41-18-5-2-6-19-41)52-24-11-13-26-54(52)60/h1-29,32-37,39,46H,30-31,38H2. The first-order chi connectivity index (χ1) is 30.8. The van der Waals surface area contributed by atoms with Crippen molar-refractivity contribution in [2.45, 2.75) is 19.3 Å². The Bertz CT molecular complexity index is 3470. The normalized spacial score (nSPS) is 13.8. The van der Waals surface area contributed by atoms with Gasteiger partial charge in [-0.25, -0.2) is 0 Å². The molecule has 0 saturated carbocycles. The maximum Gasteiger partial charge on any atom is 0.0665 e. The van der Waals surface area contributed by atoms with Gasteiger partial charge in [0.15, 0.2) is 0 Å². The summed E-state index contributed by atoms with van der Waals surface area (Å²) in [5, 5.41) is 12.6. The van der Waals surface area contributed by atoms with E-state index in [9.17, 15) is 0 Å². The minimum Gasteiger partial charge on any atom is -0.252 e. The van der Waals surface area contributed by atoms with Crippen molar-refractivity contribution in [1.82, 2.24) is 0 Å². The van der Waals surface area contributed by atoms with E-state index in [4.69, 9.17) is 4.99 Å². The molecule has 0 fully saturated rings. The summed E-state index contributed by atoms with van der Waals surface area (Å²) in [6.45, 7) is 0. The second-order valence-electron chi connectivity index (χ2n) is 16.9. The number of rotatable bonds is 7. The molecule has 0 bridgehead atoms. The fourth-order valence-corrected chi connectivity index (χ4v) is 10.5. The molecule has 0 N–H and O–H groups in total. The van der Waals surface area contributed by atoms with Crippen molar-refractivity contribution in [3.8, 4) is 33.4 Å². The predicted octanol–water partition coefficient (Wildman–Crippen LogP) is 16.4. The van der Waals surface area contributed by atoms with Crippen molar-refractivity contribution >= 4 is 65.3 Å². The van der Waals surface area contributed by atoms with Gasteiger partial charge in [0.2, 0.25) is 0 Å². The molecule has 1 aliphatic rings. The molecule has 1 atom stereocenters. The van der Waals surface area contributed by atoms with Crippen molar-refractivity contribution in [3.05, 3.63) is 235 Å². The highest BCUT2D eigenvalue weighted by Crippen LogP contribution is 2.47. The van der Waals surface area contributed by atoms with Crippen LogP contribution in [0.1, 0.15) is 23.1 Å². The van der Waals surface area contributed by atoms with E-state index < -0.39 is 0 Å². The number of para-hydroxylation sites is 1. The molecule has 0 aromatic heterocycles. The minimum absolute atomic E-state index is 0.346. The van der Waals surface area contributed by atoms with Gasteiger partial charge in [-0.2, -0.15) is 0 Å². The fraction of sp³-hybridized carbons (Fsp3) is 0.0656. The third kappa shape index (κ3) is 6.12. The molecular weight excluding hydrogens is 747 g/mol. The number of aliphatic imine (C=N–C) groups is 1. The Morgan fingerprint density at radius 3 is 1.65 bits per heavy atom. The topological polar surface area (TPSA) is 12.4 Å². The predicted molar refractivity (Wildman–Crippen MR) is 265 cm³/mol. The first kappa shape index (κ1) is 36.3. The van der Waals surface area contributed by atoms with Gasteiger partial charge in [0.05, 0.1) is 11.4 Å². The number of nitrogens with zero attached hydrogens (tertiary/aromatic N) is 1.